The summed E-state index contributed by atoms with van der Waals surface area (Å²) in [5, 5.41) is 3.70. The Bertz CT molecular complexity index is 728. The lowest BCUT2D eigenvalue weighted by atomic mass is 10.1. The van der Waals surface area contributed by atoms with E-state index >= 15 is 0 Å². The predicted octanol–water partition coefficient (Wildman–Crippen LogP) is 3.32. The lowest BCUT2D eigenvalue weighted by molar-refractivity contribution is -0.129. The van der Waals surface area contributed by atoms with E-state index in [0.29, 0.717) is 17.8 Å². The Morgan fingerprint density at radius 1 is 1.27 bits per heavy atom. The van der Waals surface area contributed by atoms with Gasteiger partial charge in [0, 0.05) is 30.1 Å². The summed E-state index contributed by atoms with van der Waals surface area (Å²) in [5.41, 5.74) is 1.25. The summed E-state index contributed by atoms with van der Waals surface area (Å²) in [6.45, 7) is 2.04. The average Bonchev–Trinajstić information content (AvgIpc) is 3.35. The molecule has 6 heteroatoms. The van der Waals surface area contributed by atoms with Crippen LogP contribution in [0.1, 0.15) is 36.1 Å². The molecule has 1 aromatic carbocycles. The number of carbonyl (C=O) groups is 1. The van der Waals surface area contributed by atoms with Crippen molar-refractivity contribution in [2.75, 3.05) is 25.1 Å². The van der Waals surface area contributed by atoms with Gasteiger partial charge in [0.1, 0.15) is 6.04 Å². The molecule has 4 rings (SSSR count). The fourth-order valence-electron chi connectivity index (χ4n) is 3.95. The molecule has 0 unspecified atom stereocenters. The molecular weight excluding hydrogens is 346 g/mol. The highest BCUT2D eigenvalue weighted by Crippen LogP contribution is 2.27. The molecule has 1 N–H and O–H groups in total. The fourth-order valence-corrected chi connectivity index (χ4v) is 4.80. The molecule has 5 nitrogen and oxygen atoms in total. The van der Waals surface area contributed by atoms with Gasteiger partial charge in [0.2, 0.25) is 5.91 Å². The van der Waals surface area contributed by atoms with E-state index in [1.807, 2.05) is 24.4 Å². The number of benzene rings is 1. The summed E-state index contributed by atoms with van der Waals surface area (Å²) < 4.78 is 5.60. The maximum Gasteiger partial charge on any atom is 0.245 e. The molecule has 0 radical (unpaired) electrons. The monoisotopic (exact) mass is 371 g/mol. The van der Waals surface area contributed by atoms with Gasteiger partial charge >= 0.3 is 0 Å². The second-order valence-electron chi connectivity index (χ2n) is 7.05. The highest BCUT2D eigenvalue weighted by molar-refractivity contribution is 7.15. The summed E-state index contributed by atoms with van der Waals surface area (Å²) in [6.07, 6.45) is 7.64. The summed E-state index contributed by atoms with van der Waals surface area (Å²) in [4.78, 5) is 20.7. The molecule has 1 saturated heterocycles. The number of amides is 1. The molecule has 1 aliphatic carbocycles. The second-order valence-corrected chi connectivity index (χ2v) is 8.17. The highest BCUT2D eigenvalue weighted by atomic mass is 32.1. The van der Waals surface area contributed by atoms with Gasteiger partial charge in [-0.3, -0.25) is 9.69 Å². The van der Waals surface area contributed by atoms with Crippen LogP contribution in [0.3, 0.4) is 0 Å². The molecule has 138 valence electrons. The zero-order valence-corrected chi connectivity index (χ0v) is 15.7. The molecule has 0 bridgehead atoms. The minimum Gasteiger partial charge on any atom is -0.378 e. The number of carbonyl (C=O) groups excluding carboxylic acids is 1. The minimum atomic E-state index is -0.201. The van der Waals surface area contributed by atoms with Gasteiger partial charge in [0.25, 0.3) is 0 Å². The smallest absolute Gasteiger partial charge is 0.245 e. The number of nitrogens with one attached hydrogen (secondary N) is 1. The van der Waals surface area contributed by atoms with Crippen LogP contribution in [0.4, 0.5) is 5.13 Å². The first-order valence-corrected chi connectivity index (χ1v) is 10.2. The van der Waals surface area contributed by atoms with Gasteiger partial charge in [-0.1, -0.05) is 43.2 Å². The number of thiazole rings is 1. The zero-order valence-electron chi connectivity index (χ0n) is 14.9. The SMILES string of the molecule is O=C(Nc1ncc(Cc2ccccc2)s1)[C@H]1COCCN1C1CCCC1. The molecule has 1 aromatic heterocycles. The Morgan fingerprint density at radius 3 is 2.88 bits per heavy atom. The number of hydrogen-bond donors (Lipinski definition) is 1. The van der Waals surface area contributed by atoms with Crippen molar-refractivity contribution < 1.29 is 9.53 Å². The molecule has 1 saturated carbocycles. The standard InChI is InChI=1S/C20H25N3O2S/c24-19(18-14-25-11-10-23(18)16-8-4-5-9-16)22-20-21-13-17(26-20)12-15-6-2-1-3-7-15/h1-3,6-7,13,16,18H,4-5,8-12,14H2,(H,21,22,24)/t18-/m1/s1. The molecule has 2 fully saturated rings. The van der Waals surface area contributed by atoms with E-state index in [4.69, 9.17) is 4.74 Å². The van der Waals surface area contributed by atoms with E-state index in [1.165, 1.54) is 31.2 Å². The van der Waals surface area contributed by atoms with E-state index in [2.05, 4.69) is 27.3 Å². The van der Waals surface area contributed by atoms with Gasteiger partial charge in [-0.05, 0) is 18.4 Å². The van der Waals surface area contributed by atoms with Crippen molar-refractivity contribution in [2.45, 2.75) is 44.2 Å². The molecule has 0 spiro atoms. The quantitative estimate of drug-likeness (QED) is 0.876. The number of hydrogen-bond acceptors (Lipinski definition) is 5. The maximum absolute atomic E-state index is 12.8. The first-order valence-electron chi connectivity index (χ1n) is 9.42. The first kappa shape index (κ1) is 17.6. The van der Waals surface area contributed by atoms with Gasteiger partial charge < -0.3 is 10.1 Å². The van der Waals surface area contributed by atoms with Gasteiger partial charge in [-0.2, -0.15) is 0 Å². The van der Waals surface area contributed by atoms with Crippen LogP contribution >= 0.6 is 11.3 Å². The van der Waals surface area contributed by atoms with Crippen molar-refractivity contribution in [3.8, 4) is 0 Å². The fraction of sp³-hybridized carbons (Fsp3) is 0.500. The number of rotatable bonds is 5. The van der Waals surface area contributed by atoms with Crippen LogP contribution in [0.2, 0.25) is 0 Å². The van der Waals surface area contributed by atoms with E-state index in [1.54, 1.807) is 11.3 Å². The van der Waals surface area contributed by atoms with E-state index in [9.17, 15) is 4.79 Å². The van der Waals surface area contributed by atoms with Crippen LogP contribution in [0.25, 0.3) is 0 Å². The molecular formula is C20H25N3O2S. The maximum atomic E-state index is 12.8. The molecule has 2 aromatic rings. The van der Waals surface area contributed by atoms with Crippen molar-refractivity contribution >= 4 is 22.4 Å². The van der Waals surface area contributed by atoms with Crippen LogP contribution in [0, 0.1) is 0 Å². The predicted molar refractivity (Wildman–Crippen MR) is 104 cm³/mol. The Kier molecular flexibility index (Phi) is 5.62. The molecule has 2 aliphatic rings. The van der Waals surface area contributed by atoms with Crippen molar-refractivity contribution in [3.05, 3.63) is 47.0 Å². The Labute approximate surface area is 158 Å². The summed E-state index contributed by atoms with van der Waals surface area (Å²) in [6, 6.07) is 10.6. The Balaban J connectivity index is 1.39. The third kappa shape index (κ3) is 4.14. The summed E-state index contributed by atoms with van der Waals surface area (Å²) >= 11 is 1.55. The molecule has 1 amide bonds. The summed E-state index contributed by atoms with van der Waals surface area (Å²) in [7, 11) is 0. The molecule has 1 aliphatic heterocycles. The van der Waals surface area contributed by atoms with E-state index < -0.39 is 0 Å². The van der Waals surface area contributed by atoms with E-state index in [0.717, 1.165) is 24.4 Å². The lowest BCUT2D eigenvalue weighted by Gasteiger charge is -2.38. The third-order valence-electron chi connectivity index (χ3n) is 5.27. The molecule has 1 atom stereocenters. The van der Waals surface area contributed by atoms with Gasteiger partial charge in [-0.15, -0.1) is 11.3 Å². The van der Waals surface area contributed by atoms with Gasteiger partial charge in [-0.25, -0.2) is 4.98 Å². The molecule has 26 heavy (non-hydrogen) atoms. The van der Waals surface area contributed by atoms with Crippen molar-refractivity contribution in [2.24, 2.45) is 0 Å². The lowest BCUT2D eigenvalue weighted by Crippen LogP contribution is -2.55. The van der Waals surface area contributed by atoms with Gasteiger partial charge in [0.15, 0.2) is 5.13 Å². The number of morpholine rings is 1. The molecule has 2 heterocycles. The number of aromatic nitrogens is 1. The summed E-state index contributed by atoms with van der Waals surface area (Å²) in [5.74, 6) is 0.0113. The first-order chi connectivity index (χ1) is 12.8. The van der Waals surface area contributed by atoms with E-state index in [-0.39, 0.29) is 11.9 Å². The van der Waals surface area contributed by atoms with Crippen LogP contribution in [-0.2, 0) is 16.0 Å². The number of anilines is 1. The topological polar surface area (TPSA) is 54.5 Å². The van der Waals surface area contributed by atoms with Crippen molar-refractivity contribution in [1.82, 2.24) is 9.88 Å². The van der Waals surface area contributed by atoms with Crippen LogP contribution < -0.4 is 5.32 Å². The number of ether oxygens (including phenoxy) is 1. The van der Waals surface area contributed by atoms with Crippen LogP contribution in [0.5, 0.6) is 0 Å². The Hall–Kier alpha value is -1.76. The third-order valence-corrected chi connectivity index (χ3v) is 6.18. The second kappa shape index (κ2) is 8.29. The Morgan fingerprint density at radius 2 is 2.08 bits per heavy atom. The number of nitrogens with zero attached hydrogens (tertiary/aromatic N) is 2. The van der Waals surface area contributed by atoms with Crippen LogP contribution in [-0.4, -0.2) is 47.6 Å². The zero-order chi connectivity index (χ0) is 17.8. The normalized spacial score (nSPS) is 21.8. The average molecular weight is 372 g/mol. The van der Waals surface area contributed by atoms with Crippen LogP contribution in [0.15, 0.2) is 36.5 Å². The van der Waals surface area contributed by atoms with Crippen molar-refractivity contribution in [1.29, 1.82) is 0 Å². The largest absolute Gasteiger partial charge is 0.378 e. The van der Waals surface area contributed by atoms with Gasteiger partial charge in [0.05, 0.1) is 13.2 Å². The highest BCUT2D eigenvalue weighted by Gasteiger charge is 2.35. The van der Waals surface area contributed by atoms with Crippen molar-refractivity contribution in [3.63, 3.8) is 0 Å². The minimum absolute atomic E-state index is 0.0113.